The minimum Gasteiger partial charge on any atom is -0.475 e. The van der Waals surface area contributed by atoms with Gasteiger partial charge in [-0.3, -0.25) is 10.1 Å². The number of hydrogen-bond donors (Lipinski definition) is 4. The monoisotopic (exact) mass is 655 g/mol. The van der Waals surface area contributed by atoms with Crippen molar-refractivity contribution in [2.75, 3.05) is 55.0 Å². The van der Waals surface area contributed by atoms with Crippen LogP contribution in [0.3, 0.4) is 0 Å². The van der Waals surface area contributed by atoms with Crippen LogP contribution in [0.5, 0.6) is 0 Å². The summed E-state index contributed by atoms with van der Waals surface area (Å²) in [5.74, 6) is -2.20. The van der Waals surface area contributed by atoms with E-state index in [0.717, 1.165) is 39.0 Å². The lowest BCUT2D eigenvalue weighted by Crippen LogP contribution is -2.58. The first-order chi connectivity index (χ1) is 20.6. The second-order valence-electron chi connectivity index (χ2n) is 10.9. The van der Waals surface area contributed by atoms with Crippen molar-refractivity contribution in [1.82, 2.24) is 15.3 Å². The summed E-state index contributed by atoms with van der Waals surface area (Å²) in [5, 5.41) is 29.6. The number of benzene rings is 2. The van der Waals surface area contributed by atoms with Crippen molar-refractivity contribution >= 4 is 64.5 Å². The normalized spacial score (nSPS) is 15.9. The van der Waals surface area contributed by atoms with Crippen molar-refractivity contribution in [2.45, 2.75) is 19.0 Å². The number of nitrogens with zero attached hydrogens (tertiary/aromatic N) is 4. The number of alkyl halides is 3. The Labute approximate surface area is 255 Å². The minimum absolute atomic E-state index is 0.0376. The fourth-order valence-electron chi connectivity index (χ4n) is 4.89. The number of carbonyl (C=O) groups is 1. The van der Waals surface area contributed by atoms with Crippen LogP contribution in [0, 0.1) is 15.5 Å². The van der Waals surface area contributed by atoms with E-state index >= 15 is 0 Å². The Morgan fingerprint density at radius 3 is 2.34 bits per heavy atom. The molecule has 0 unspecified atom stereocenters. The van der Waals surface area contributed by atoms with Gasteiger partial charge in [-0.2, -0.15) is 18.2 Å². The third kappa shape index (κ3) is 7.96. The van der Waals surface area contributed by atoms with Gasteiger partial charge in [0.05, 0.1) is 16.8 Å². The van der Waals surface area contributed by atoms with E-state index in [0.29, 0.717) is 33.6 Å². The van der Waals surface area contributed by atoms with Gasteiger partial charge in [-0.1, -0.05) is 23.7 Å². The Balaban J connectivity index is 0.000000566. The SMILES string of the molecule is CP(C)(=O)c1ccccc1Nc1nc(Nc2ccc(N3CCC4(CC3)CNC4)c([N+](=O)[O-])c2)ncc1Cl.O=C(O)C(F)(F)F. The standard InChI is InChI=1S/C25H29ClN7O3P.C2HF3O2/c1-37(2,36)22-6-4-3-5-19(22)30-23-18(26)14-28-24(31-23)29-17-7-8-20(21(13-17)33(34)35)32-11-9-25(10-12-32)15-27-16-25;3-2(4,5)1(6)7/h3-8,13-14,27H,9-12,15-16H2,1-2H3,(H2,28,29,30,31);(H,6,7). The summed E-state index contributed by atoms with van der Waals surface area (Å²) in [7, 11) is -2.55. The van der Waals surface area contributed by atoms with Gasteiger partial charge < -0.3 is 30.5 Å². The molecule has 5 rings (SSSR count). The molecule has 3 heterocycles. The molecular weight excluding hydrogens is 626 g/mol. The van der Waals surface area contributed by atoms with E-state index in [4.69, 9.17) is 21.5 Å². The number of hydrogen-bond acceptors (Lipinski definition) is 10. The van der Waals surface area contributed by atoms with Gasteiger partial charge in [-0.15, -0.1) is 0 Å². The van der Waals surface area contributed by atoms with Gasteiger partial charge in [0.15, 0.2) is 5.82 Å². The van der Waals surface area contributed by atoms with E-state index in [1.54, 1.807) is 25.5 Å². The predicted molar refractivity (Wildman–Crippen MR) is 163 cm³/mol. The van der Waals surface area contributed by atoms with E-state index in [1.807, 2.05) is 24.3 Å². The van der Waals surface area contributed by atoms with Gasteiger partial charge in [0.2, 0.25) is 5.95 Å². The highest BCUT2D eigenvalue weighted by atomic mass is 35.5. The zero-order valence-electron chi connectivity index (χ0n) is 23.7. The second-order valence-corrected chi connectivity index (χ2v) is 14.5. The lowest BCUT2D eigenvalue weighted by Gasteiger charge is -2.48. The number of halogens is 4. The number of piperidine rings is 1. The number of rotatable bonds is 7. The summed E-state index contributed by atoms with van der Waals surface area (Å²) in [5.41, 5.74) is 2.15. The first-order valence-electron chi connectivity index (χ1n) is 13.3. The molecule has 1 aromatic heterocycles. The Hall–Kier alpha value is -3.94. The molecule has 0 aliphatic carbocycles. The zero-order chi connectivity index (χ0) is 32.3. The van der Waals surface area contributed by atoms with Crippen LogP contribution in [-0.4, -0.2) is 71.7 Å². The number of para-hydroxylation sites is 1. The Bertz CT molecular complexity index is 1590. The largest absolute Gasteiger partial charge is 0.490 e. The summed E-state index contributed by atoms with van der Waals surface area (Å²) < 4.78 is 44.5. The average molecular weight is 656 g/mol. The summed E-state index contributed by atoms with van der Waals surface area (Å²) in [6.07, 6.45) is -1.58. The molecule has 2 saturated heterocycles. The number of carboxylic acid groups (broad SMARTS) is 1. The third-order valence-electron chi connectivity index (χ3n) is 7.32. The van der Waals surface area contributed by atoms with Gasteiger partial charge in [0, 0.05) is 43.2 Å². The van der Waals surface area contributed by atoms with Crippen LogP contribution < -0.4 is 26.2 Å². The molecule has 1 spiro atoms. The highest BCUT2D eigenvalue weighted by Crippen LogP contribution is 2.41. The average Bonchev–Trinajstić information content (AvgIpc) is 2.93. The van der Waals surface area contributed by atoms with Crippen molar-refractivity contribution < 1.29 is 32.6 Å². The molecule has 0 atom stereocenters. The molecule has 3 aromatic rings. The van der Waals surface area contributed by atoms with Gasteiger partial charge in [-0.05, 0) is 55.9 Å². The van der Waals surface area contributed by atoms with Crippen LogP contribution in [0.15, 0.2) is 48.7 Å². The number of aliphatic carboxylic acids is 1. The Morgan fingerprint density at radius 2 is 1.80 bits per heavy atom. The first kappa shape index (κ1) is 33.0. The summed E-state index contributed by atoms with van der Waals surface area (Å²) in [6.45, 7) is 7.07. The fraction of sp³-hybridized carbons (Fsp3) is 0.370. The molecule has 2 fully saturated rings. The van der Waals surface area contributed by atoms with Gasteiger partial charge in [0.25, 0.3) is 5.69 Å². The molecule has 2 aromatic carbocycles. The maximum atomic E-state index is 12.7. The van der Waals surface area contributed by atoms with E-state index in [2.05, 4.69) is 30.8 Å². The Kier molecular flexibility index (Phi) is 9.71. The maximum Gasteiger partial charge on any atom is 0.490 e. The quantitative estimate of drug-likeness (QED) is 0.142. The van der Waals surface area contributed by atoms with Crippen LogP contribution in [-0.2, 0) is 9.36 Å². The lowest BCUT2D eigenvalue weighted by atomic mass is 9.73. The molecular formula is C27H30ClF3N7O5P. The van der Waals surface area contributed by atoms with Crippen molar-refractivity contribution in [1.29, 1.82) is 0 Å². The minimum atomic E-state index is -5.08. The molecule has 236 valence electrons. The van der Waals surface area contributed by atoms with Gasteiger partial charge >= 0.3 is 12.1 Å². The van der Waals surface area contributed by atoms with Gasteiger partial charge in [-0.25, -0.2) is 9.78 Å². The molecule has 0 bridgehead atoms. The molecule has 17 heteroatoms. The molecule has 2 aliphatic rings. The van der Waals surface area contributed by atoms with E-state index in [9.17, 15) is 27.9 Å². The maximum absolute atomic E-state index is 12.7. The molecule has 4 N–H and O–H groups in total. The number of nitro groups is 1. The number of anilines is 5. The van der Waals surface area contributed by atoms with Crippen LogP contribution >= 0.6 is 18.7 Å². The van der Waals surface area contributed by atoms with Crippen molar-refractivity contribution in [2.24, 2.45) is 5.41 Å². The van der Waals surface area contributed by atoms with Gasteiger partial charge in [0.1, 0.15) is 17.9 Å². The summed E-state index contributed by atoms with van der Waals surface area (Å²) in [6, 6.07) is 12.4. The van der Waals surface area contributed by atoms with E-state index in [1.165, 1.54) is 12.3 Å². The number of nitro benzene ring substituents is 1. The predicted octanol–water partition coefficient (Wildman–Crippen LogP) is 5.60. The van der Waals surface area contributed by atoms with Crippen LogP contribution in [0.4, 0.5) is 47.7 Å². The number of nitrogens with one attached hydrogen (secondary N) is 3. The molecule has 44 heavy (non-hydrogen) atoms. The second kappa shape index (κ2) is 13.0. The molecule has 2 aliphatic heterocycles. The van der Waals surface area contributed by atoms with Crippen LogP contribution in [0.1, 0.15) is 12.8 Å². The molecule has 0 amide bonds. The van der Waals surface area contributed by atoms with E-state index in [-0.39, 0.29) is 21.6 Å². The Morgan fingerprint density at radius 1 is 1.16 bits per heavy atom. The summed E-state index contributed by atoms with van der Waals surface area (Å²) in [4.78, 5) is 31.3. The van der Waals surface area contributed by atoms with E-state index < -0.39 is 19.3 Å². The third-order valence-corrected chi connectivity index (χ3v) is 9.14. The highest BCUT2D eigenvalue weighted by molar-refractivity contribution is 7.70. The smallest absolute Gasteiger partial charge is 0.475 e. The number of carboxylic acids is 1. The van der Waals surface area contributed by atoms with Crippen LogP contribution in [0.2, 0.25) is 5.02 Å². The molecule has 0 saturated carbocycles. The van der Waals surface area contributed by atoms with Crippen molar-refractivity contribution in [3.8, 4) is 0 Å². The topological polar surface area (TPSA) is 163 Å². The summed E-state index contributed by atoms with van der Waals surface area (Å²) >= 11 is 6.34. The highest BCUT2D eigenvalue weighted by Gasteiger charge is 2.40. The molecule has 0 radical (unpaired) electrons. The first-order valence-corrected chi connectivity index (χ1v) is 16.3. The van der Waals surface area contributed by atoms with Crippen molar-refractivity contribution in [3.63, 3.8) is 0 Å². The molecule has 12 nitrogen and oxygen atoms in total. The number of aromatic nitrogens is 2. The van der Waals surface area contributed by atoms with Crippen LogP contribution in [0.25, 0.3) is 0 Å². The fourth-order valence-corrected chi connectivity index (χ4v) is 6.18. The van der Waals surface area contributed by atoms with Crippen molar-refractivity contribution in [3.05, 3.63) is 63.8 Å². The zero-order valence-corrected chi connectivity index (χ0v) is 25.3. The lowest BCUT2D eigenvalue weighted by molar-refractivity contribution is -0.384.